The number of rotatable bonds is 3. The third-order valence-corrected chi connectivity index (χ3v) is 5.03. The van der Waals surface area contributed by atoms with Crippen molar-refractivity contribution in [2.24, 2.45) is 0 Å². The van der Waals surface area contributed by atoms with Crippen LogP contribution in [0.1, 0.15) is 17.2 Å². The molecule has 0 spiro atoms. The Morgan fingerprint density at radius 3 is 2.14 bits per heavy atom. The van der Waals surface area contributed by atoms with Gasteiger partial charge in [-0.2, -0.15) is 0 Å². The Hall–Kier alpha value is -3.44. The van der Waals surface area contributed by atoms with E-state index in [-0.39, 0.29) is 11.3 Å². The van der Waals surface area contributed by atoms with Gasteiger partial charge in [-0.3, -0.25) is 14.5 Å². The van der Waals surface area contributed by atoms with Gasteiger partial charge >= 0.3 is 0 Å². The van der Waals surface area contributed by atoms with Gasteiger partial charge in [-0.05, 0) is 42.0 Å². The van der Waals surface area contributed by atoms with E-state index in [9.17, 15) is 19.1 Å². The van der Waals surface area contributed by atoms with Crippen molar-refractivity contribution in [3.05, 3.63) is 106 Å². The first-order chi connectivity index (χ1) is 14.0. The summed E-state index contributed by atoms with van der Waals surface area (Å²) in [5.74, 6) is -2.34. The Morgan fingerprint density at radius 2 is 1.52 bits per heavy atom. The molecule has 1 saturated heterocycles. The third kappa shape index (κ3) is 3.41. The average Bonchev–Trinajstić information content (AvgIpc) is 3.00. The summed E-state index contributed by atoms with van der Waals surface area (Å²) in [5.41, 5.74) is 1.33. The highest BCUT2D eigenvalue weighted by Gasteiger charge is 2.46. The Labute approximate surface area is 171 Å². The molecule has 1 N–H and O–H groups in total. The maximum Gasteiger partial charge on any atom is 0.300 e. The standard InChI is InChI=1S/C23H15ClFNO3/c24-16-8-6-14(7-9-16)20-19(21(27)15-4-2-1-3-5-15)22(28)23(29)26(20)18-12-10-17(25)11-13-18/h1-13,20,27H/b21-19+. The Morgan fingerprint density at radius 1 is 0.897 bits per heavy atom. The van der Waals surface area contributed by atoms with Crippen molar-refractivity contribution < 1.29 is 19.1 Å². The molecular formula is C23H15ClFNO3. The van der Waals surface area contributed by atoms with Crippen molar-refractivity contribution in [1.29, 1.82) is 0 Å². The highest BCUT2D eigenvalue weighted by molar-refractivity contribution is 6.51. The summed E-state index contributed by atoms with van der Waals surface area (Å²) < 4.78 is 13.4. The van der Waals surface area contributed by atoms with Crippen LogP contribution < -0.4 is 4.90 Å². The molecule has 1 heterocycles. The minimum atomic E-state index is -0.877. The number of aliphatic hydroxyl groups is 1. The SMILES string of the molecule is O=C1C(=O)N(c2ccc(F)cc2)C(c2ccc(Cl)cc2)/C1=C(\O)c1ccccc1. The van der Waals surface area contributed by atoms with E-state index < -0.39 is 23.5 Å². The van der Waals surface area contributed by atoms with Crippen LogP contribution in [0.2, 0.25) is 5.02 Å². The van der Waals surface area contributed by atoms with Gasteiger partial charge in [-0.25, -0.2) is 4.39 Å². The van der Waals surface area contributed by atoms with Crippen molar-refractivity contribution in [2.45, 2.75) is 6.04 Å². The summed E-state index contributed by atoms with van der Waals surface area (Å²) >= 11 is 5.99. The molecule has 144 valence electrons. The molecule has 29 heavy (non-hydrogen) atoms. The van der Waals surface area contributed by atoms with Gasteiger partial charge in [0.1, 0.15) is 11.6 Å². The molecule has 0 saturated carbocycles. The van der Waals surface area contributed by atoms with E-state index >= 15 is 0 Å². The van der Waals surface area contributed by atoms with E-state index in [0.29, 0.717) is 21.8 Å². The van der Waals surface area contributed by atoms with Crippen LogP contribution in [0.25, 0.3) is 5.76 Å². The number of halogens is 2. The number of carbonyl (C=O) groups excluding carboxylic acids is 2. The van der Waals surface area contributed by atoms with Gasteiger partial charge in [0.2, 0.25) is 0 Å². The van der Waals surface area contributed by atoms with Crippen LogP contribution in [0.5, 0.6) is 0 Å². The highest BCUT2D eigenvalue weighted by atomic mass is 35.5. The Kier molecular flexibility index (Phi) is 4.91. The Bertz CT molecular complexity index is 1110. The summed E-state index contributed by atoms with van der Waals surface area (Å²) in [5, 5.41) is 11.4. The zero-order valence-electron chi connectivity index (χ0n) is 15.0. The molecule has 1 amide bonds. The Balaban J connectivity index is 1.94. The second kappa shape index (κ2) is 7.53. The lowest BCUT2D eigenvalue weighted by Crippen LogP contribution is -2.29. The quantitative estimate of drug-likeness (QED) is 0.373. The minimum Gasteiger partial charge on any atom is -0.507 e. The molecule has 1 unspecified atom stereocenters. The summed E-state index contributed by atoms with van der Waals surface area (Å²) in [6.45, 7) is 0. The monoisotopic (exact) mass is 407 g/mol. The lowest BCUT2D eigenvalue weighted by Gasteiger charge is -2.25. The van der Waals surface area contributed by atoms with Gasteiger partial charge in [-0.15, -0.1) is 0 Å². The lowest BCUT2D eigenvalue weighted by atomic mass is 9.95. The summed E-state index contributed by atoms with van der Waals surface area (Å²) in [6.07, 6.45) is 0. The smallest absolute Gasteiger partial charge is 0.300 e. The normalized spacial score (nSPS) is 18.3. The van der Waals surface area contributed by atoms with Gasteiger partial charge < -0.3 is 5.11 Å². The number of carbonyl (C=O) groups is 2. The molecular weight excluding hydrogens is 393 g/mol. The number of nitrogens with zero attached hydrogens (tertiary/aromatic N) is 1. The molecule has 1 fully saturated rings. The van der Waals surface area contributed by atoms with Crippen LogP contribution in [0.4, 0.5) is 10.1 Å². The zero-order valence-corrected chi connectivity index (χ0v) is 15.8. The largest absolute Gasteiger partial charge is 0.507 e. The van der Waals surface area contributed by atoms with Crippen LogP contribution in [0, 0.1) is 5.82 Å². The fraction of sp³-hybridized carbons (Fsp3) is 0.0435. The fourth-order valence-corrected chi connectivity index (χ4v) is 3.54. The van der Waals surface area contributed by atoms with E-state index in [0.717, 1.165) is 0 Å². The summed E-state index contributed by atoms with van der Waals surface area (Å²) in [7, 11) is 0. The lowest BCUT2D eigenvalue weighted by molar-refractivity contribution is -0.132. The van der Waals surface area contributed by atoms with Gasteiger partial charge in [0, 0.05) is 16.3 Å². The van der Waals surface area contributed by atoms with Crippen LogP contribution in [0.15, 0.2) is 84.4 Å². The second-order valence-corrected chi connectivity index (χ2v) is 7.00. The molecule has 3 aromatic rings. The van der Waals surface area contributed by atoms with Crippen LogP contribution in [-0.2, 0) is 9.59 Å². The van der Waals surface area contributed by atoms with Crippen molar-refractivity contribution >= 4 is 34.7 Å². The molecule has 0 radical (unpaired) electrons. The molecule has 1 atom stereocenters. The maximum absolute atomic E-state index is 13.4. The van der Waals surface area contributed by atoms with E-state index in [4.69, 9.17) is 11.6 Å². The zero-order chi connectivity index (χ0) is 20.5. The number of ketones is 1. The van der Waals surface area contributed by atoms with Crippen molar-refractivity contribution in [3.63, 3.8) is 0 Å². The first-order valence-corrected chi connectivity index (χ1v) is 9.22. The molecule has 1 aliphatic heterocycles. The number of benzene rings is 3. The predicted octanol–water partition coefficient (Wildman–Crippen LogP) is 5.11. The maximum atomic E-state index is 13.4. The van der Waals surface area contributed by atoms with Gasteiger partial charge in [-0.1, -0.05) is 54.1 Å². The van der Waals surface area contributed by atoms with Gasteiger partial charge in [0.05, 0.1) is 11.6 Å². The van der Waals surface area contributed by atoms with Crippen LogP contribution in [0.3, 0.4) is 0 Å². The first kappa shape index (κ1) is 18.9. The number of anilines is 1. The third-order valence-electron chi connectivity index (χ3n) is 4.78. The summed E-state index contributed by atoms with van der Waals surface area (Å²) in [6, 6.07) is 19.6. The molecule has 0 aliphatic carbocycles. The average molecular weight is 408 g/mol. The molecule has 6 heteroatoms. The predicted molar refractivity (Wildman–Crippen MR) is 109 cm³/mol. The number of hydrogen-bond acceptors (Lipinski definition) is 3. The van der Waals surface area contributed by atoms with E-state index in [1.165, 1.54) is 29.2 Å². The van der Waals surface area contributed by atoms with Crippen molar-refractivity contribution in [3.8, 4) is 0 Å². The van der Waals surface area contributed by atoms with Crippen molar-refractivity contribution in [1.82, 2.24) is 0 Å². The molecule has 0 aromatic heterocycles. The van der Waals surface area contributed by atoms with Gasteiger partial charge in [0.25, 0.3) is 11.7 Å². The molecule has 4 rings (SSSR count). The highest BCUT2D eigenvalue weighted by Crippen LogP contribution is 2.42. The summed E-state index contributed by atoms with van der Waals surface area (Å²) in [4.78, 5) is 27.1. The van der Waals surface area contributed by atoms with E-state index in [1.54, 1.807) is 54.6 Å². The topological polar surface area (TPSA) is 57.6 Å². The number of Topliss-reactive ketones (excluding diaryl/α,β-unsaturated/α-hetero) is 1. The molecule has 4 nitrogen and oxygen atoms in total. The number of hydrogen-bond donors (Lipinski definition) is 1. The first-order valence-electron chi connectivity index (χ1n) is 8.85. The van der Waals surface area contributed by atoms with Crippen LogP contribution in [-0.4, -0.2) is 16.8 Å². The van der Waals surface area contributed by atoms with E-state index in [1.807, 2.05) is 0 Å². The van der Waals surface area contributed by atoms with E-state index in [2.05, 4.69) is 0 Å². The minimum absolute atomic E-state index is 0.0344. The number of amides is 1. The molecule has 1 aliphatic rings. The fourth-order valence-electron chi connectivity index (χ4n) is 3.41. The molecule has 0 bridgehead atoms. The van der Waals surface area contributed by atoms with Crippen LogP contribution >= 0.6 is 11.6 Å². The molecule has 3 aromatic carbocycles. The number of aliphatic hydroxyl groups excluding tert-OH is 1. The van der Waals surface area contributed by atoms with Gasteiger partial charge in [0.15, 0.2) is 0 Å². The second-order valence-electron chi connectivity index (χ2n) is 6.56. The van der Waals surface area contributed by atoms with Crippen molar-refractivity contribution in [2.75, 3.05) is 4.90 Å².